The lowest BCUT2D eigenvalue weighted by Crippen LogP contribution is -2.20. The lowest BCUT2D eigenvalue weighted by atomic mass is 10.2. The summed E-state index contributed by atoms with van der Waals surface area (Å²) in [5, 5.41) is -0.0556. The van der Waals surface area contributed by atoms with Crippen molar-refractivity contribution in [1.82, 2.24) is 19.5 Å². The van der Waals surface area contributed by atoms with Crippen LogP contribution >= 0.6 is 11.6 Å². The topological polar surface area (TPSA) is 60.7 Å². The molecule has 118 valence electrons. The van der Waals surface area contributed by atoms with E-state index in [4.69, 9.17) is 11.6 Å². The van der Waals surface area contributed by atoms with E-state index < -0.39 is 0 Å². The number of nitrogens with zero attached hydrogens (tertiary/aromatic N) is 4. The van der Waals surface area contributed by atoms with Crippen molar-refractivity contribution in [2.24, 2.45) is 0 Å². The summed E-state index contributed by atoms with van der Waals surface area (Å²) >= 11 is 6.03. The van der Waals surface area contributed by atoms with Gasteiger partial charge < -0.3 is 0 Å². The zero-order valence-electron chi connectivity index (χ0n) is 13.1. The van der Waals surface area contributed by atoms with Gasteiger partial charge in [0, 0.05) is 0 Å². The fourth-order valence-corrected chi connectivity index (χ4v) is 2.89. The first-order valence-corrected chi connectivity index (χ1v) is 7.85. The summed E-state index contributed by atoms with van der Waals surface area (Å²) < 4.78 is 1.56. The Bertz CT molecular complexity index is 1170. The Morgan fingerprint density at radius 2 is 1.58 bits per heavy atom. The third-order valence-corrected chi connectivity index (χ3v) is 4.28. The summed E-state index contributed by atoms with van der Waals surface area (Å²) in [4.78, 5) is 25.8. The highest BCUT2D eigenvalue weighted by Crippen LogP contribution is 2.20. The minimum atomic E-state index is -0.355. The highest BCUT2D eigenvalue weighted by Gasteiger charge is 2.12. The summed E-state index contributed by atoms with van der Waals surface area (Å²) in [6.45, 7) is 3.84. The molecule has 0 amide bonds. The molecule has 0 aliphatic carbocycles. The van der Waals surface area contributed by atoms with Crippen LogP contribution in [0.2, 0.25) is 5.15 Å². The second-order valence-corrected chi connectivity index (χ2v) is 5.96. The smallest absolute Gasteiger partial charge is 0.273 e. The van der Waals surface area contributed by atoms with Gasteiger partial charge in [0.15, 0.2) is 5.15 Å². The van der Waals surface area contributed by atoms with Crippen LogP contribution in [-0.2, 0) is 0 Å². The number of rotatable bonds is 1. The van der Waals surface area contributed by atoms with E-state index in [1.165, 1.54) is 0 Å². The van der Waals surface area contributed by atoms with E-state index in [1.54, 1.807) is 4.57 Å². The molecule has 24 heavy (non-hydrogen) atoms. The van der Waals surface area contributed by atoms with Crippen molar-refractivity contribution in [2.45, 2.75) is 13.8 Å². The largest absolute Gasteiger partial charge is 0.293 e. The number of para-hydroxylation sites is 2. The molecule has 5 nitrogen and oxygen atoms in total. The fraction of sp³-hybridized carbons (Fsp3) is 0.111. The molecular weight excluding hydrogens is 324 g/mol. The fourth-order valence-electron chi connectivity index (χ4n) is 2.72. The molecule has 6 heteroatoms. The summed E-state index contributed by atoms with van der Waals surface area (Å²) in [7, 11) is 0. The van der Waals surface area contributed by atoms with E-state index in [-0.39, 0.29) is 10.7 Å². The van der Waals surface area contributed by atoms with Crippen LogP contribution in [0.15, 0.2) is 47.3 Å². The first-order chi connectivity index (χ1) is 11.5. The highest BCUT2D eigenvalue weighted by molar-refractivity contribution is 6.29. The molecule has 0 bridgehead atoms. The molecule has 0 aliphatic rings. The van der Waals surface area contributed by atoms with Crippen LogP contribution in [0, 0.1) is 13.8 Å². The average molecular weight is 337 g/mol. The molecular formula is C18H13ClN4O. The average Bonchev–Trinajstić information content (AvgIpc) is 2.57. The van der Waals surface area contributed by atoms with Gasteiger partial charge in [0.25, 0.3) is 5.56 Å². The SMILES string of the molecule is Cc1nc2ccc(-n3c(=O)c(Cl)nc4ccccc43)cc2nc1C. The van der Waals surface area contributed by atoms with Gasteiger partial charge in [-0.15, -0.1) is 0 Å². The number of aromatic nitrogens is 4. The molecule has 2 heterocycles. The molecule has 0 saturated heterocycles. The molecule has 0 atom stereocenters. The van der Waals surface area contributed by atoms with Gasteiger partial charge in [0.2, 0.25) is 0 Å². The monoisotopic (exact) mass is 336 g/mol. The maximum atomic E-state index is 12.6. The minimum Gasteiger partial charge on any atom is -0.273 e. The number of fused-ring (bicyclic) bond motifs is 2. The van der Waals surface area contributed by atoms with Crippen LogP contribution in [-0.4, -0.2) is 19.5 Å². The number of aryl methyl sites for hydroxylation is 2. The molecule has 0 radical (unpaired) electrons. The van der Waals surface area contributed by atoms with Crippen LogP contribution < -0.4 is 5.56 Å². The minimum absolute atomic E-state index is 0.0556. The van der Waals surface area contributed by atoms with Gasteiger partial charge in [0.05, 0.1) is 39.1 Å². The van der Waals surface area contributed by atoms with E-state index in [2.05, 4.69) is 15.0 Å². The number of hydrogen-bond donors (Lipinski definition) is 0. The van der Waals surface area contributed by atoms with Crippen molar-refractivity contribution >= 4 is 33.7 Å². The van der Waals surface area contributed by atoms with E-state index in [0.717, 1.165) is 22.4 Å². The Balaban J connectivity index is 2.08. The Morgan fingerprint density at radius 3 is 2.38 bits per heavy atom. The quantitative estimate of drug-likeness (QED) is 0.533. The third-order valence-electron chi connectivity index (χ3n) is 4.04. The number of halogens is 1. The number of benzene rings is 2. The molecule has 4 aromatic rings. The molecule has 0 spiro atoms. The second-order valence-electron chi connectivity index (χ2n) is 5.60. The van der Waals surface area contributed by atoms with Crippen molar-refractivity contribution in [2.75, 3.05) is 0 Å². The van der Waals surface area contributed by atoms with Gasteiger partial charge in [-0.25, -0.2) is 15.0 Å². The maximum absolute atomic E-state index is 12.6. The lowest BCUT2D eigenvalue weighted by molar-refractivity contribution is 1.02. The number of hydrogen-bond acceptors (Lipinski definition) is 4. The predicted octanol–water partition coefficient (Wildman–Crippen LogP) is 3.60. The highest BCUT2D eigenvalue weighted by atomic mass is 35.5. The van der Waals surface area contributed by atoms with Crippen molar-refractivity contribution in [3.63, 3.8) is 0 Å². The Kier molecular flexibility index (Phi) is 3.32. The summed E-state index contributed by atoms with van der Waals surface area (Å²) in [6, 6.07) is 12.9. The zero-order chi connectivity index (χ0) is 16.8. The molecule has 0 N–H and O–H groups in total. The van der Waals surface area contributed by atoms with Crippen LogP contribution in [0.4, 0.5) is 0 Å². The summed E-state index contributed by atoms with van der Waals surface area (Å²) in [5.41, 5.74) is 4.97. The van der Waals surface area contributed by atoms with E-state index in [1.807, 2.05) is 56.3 Å². The van der Waals surface area contributed by atoms with E-state index >= 15 is 0 Å². The molecule has 0 aliphatic heterocycles. The zero-order valence-corrected chi connectivity index (χ0v) is 13.9. The van der Waals surface area contributed by atoms with Crippen LogP contribution in [0.3, 0.4) is 0 Å². The van der Waals surface area contributed by atoms with Crippen LogP contribution in [0.1, 0.15) is 11.4 Å². The molecule has 0 unspecified atom stereocenters. The van der Waals surface area contributed by atoms with Crippen molar-refractivity contribution in [3.8, 4) is 5.69 Å². The molecule has 0 fully saturated rings. The van der Waals surface area contributed by atoms with Gasteiger partial charge in [0.1, 0.15) is 0 Å². The summed E-state index contributed by atoms with van der Waals surface area (Å²) in [6.07, 6.45) is 0. The summed E-state index contributed by atoms with van der Waals surface area (Å²) in [5.74, 6) is 0. The first-order valence-electron chi connectivity index (χ1n) is 7.47. The van der Waals surface area contributed by atoms with Gasteiger partial charge in [-0.05, 0) is 44.2 Å². The van der Waals surface area contributed by atoms with Crippen LogP contribution in [0.5, 0.6) is 0 Å². The van der Waals surface area contributed by atoms with Gasteiger partial charge in [-0.2, -0.15) is 0 Å². The van der Waals surface area contributed by atoms with Gasteiger partial charge >= 0.3 is 0 Å². The first kappa shape index (κ1) is 14.8. The van der Waals surface area contributed by atoms with Crippen LogP contribution in [0.25, 0.3) is 27.8 Å². The van der Waals surface area contributed by atoms with Crippen molar-refractivity contribution < 1.29 is 0 Å². The third kappa shape index (κ3) is 2.25. The normalized spacial score (nSPS) is 11.3. The Morgan fingerprint density at radius 1 is 0.875 bits per heavy atom. The molecule has 4 rings (SSSR count). The van der Waals surface area contributed by atoms with Gasteiger partial charge in [-0.3, -0.25) is 9.36 Å². The lowest BCUT2D eigenvalue weighted by Gasteiger charge is -2.11. The standard InChI is InChI=1S/C18H13ClN4O/c1-10-11(2)21-15-9-12(7-8-13(15)20-10)23-16-6-4-3-5-14(16)22-17(19)18(23)24/h3-9H,1-2H3. The molecule has 2 aromatic carbocycles. The second kappa shape index (κ2) is 5.39. The Hall–Kier alpha value is -2.79. The molecule has 2 aromatic heterocycles. The predicted molar refractivity (Wildman–Crippen MR) is 94.9 cm³/mol. The molecule has 0 saturated carbocycles. The van der Waals surface area contributed by atoms with E-state index in [9.17, 15) is 4.79 Å². The van der Waals surface area contributed by atoms with Crippen molar-refractivity contribution in [3.05, 3.63) is 69.4 Å². The maximum Gasteiger partial charge on any atom is 0.293 e. The van der Waals surface area contributed by atoms with Crippen molar-refractivity contribution in [1.29, 1.82) is 0 Å². The Labute approximate surface area is 142 Å². The van der Waals surface area contributed by atoms with Gasteiger partial charge in [-0.1, -0.05) is 23.7 Å². The van der Waals surface area contributed by atoms with E-state index in [0.29, 0.717) is 16.7 Å².